The van der Waals surface area contributed by atoms with Crippen LogP contribution in [0.15, 0.2) is 58.3 Å². The molecule has 0 aromatic heterocycles. The predicted molar refractivity (Wildman–Crippen MR) is 99.3 cm³/mol. The number of ether oxygens (including phenoxy) is 1. The van der Waals surface area contributed by atoms with E-state index < -0.39 is 16.0 Å². The molecule has 134 valence electrons. The first-order chi connectivity index (χ1) is 11.8. The molecule has 2 rings (SSSR count). The van der Waals surface area contributed by atoms with Gasteiger partial charge in [-0.15, -0.1) is 11.8 Å². The molecule has 5 nitrogen and oxygen atoms in total. The number of nitrogens with zero attached hydrogens (tertiary/aromatic N) is 1. The van der Waals surface area contributed by atoms with Crippen molar-refractivity contribution in [1.82, 2.24) is 4.31 Å². The lowest BCUT2D eigenvalue weighted by atomic mass is 10.2. The molecule has 0 saturated heterocycles. The minimum Gasteiger partial charge on any atom is -0.460 e. The van der Waals surface area contributed by atoms with Crippen molar-refractivity contribution >= 4 is 39.4 Å². The summed E-state index contributed by atoms with van der Waals surface area (Å²) in [5.41, 5.74) is 0.610. The number of benzene rings is 2. The first-order valence-corrected chi connectivity index (χ1v) is 10.2. The summed E-state index contributed by atoms with van der Waals surface area (Å²) in [5.74, 6) is -0.273. The van der Waals surface area contributed by atoms with Crippen molar-refractivity contribution in [2.75, 3.05) is 19.8 Å². The number of thioether (sulfide) groups is 1. The van der Waals surface area contributed by atoms with Crippen LogP contribution in [0.3, 0.4) is 0 Å². The van der Waals surface area contributed by atoms with Crippen LogP contribution in [-0.4, -0.2) is 38.5 Å². The molecule has 0 unspecified atom stereocenters. The van der Waals surface area contributed by atoms with Gasteiger partial charge in [-0.1, -0.05) is 35.9 Å². The molecule has 0 bridgehead atoms. The van der Waals surface area contributed by atoms with Crippen LogP contribution in [0.5, 0.6) is 0 Å². The molecule has 0 aliphatic carbocycles. The number of halogens is 1. The quantitative estimate of drug-likeness (QED) is 0.527. The van der Waals surface area contributed by atoms with Crippen molar-refractivity contribution in [2.24, 2.45) is 0 Å². The van der Waals surface area contributed by atoms with E-state index in [4.69, 9.17) is 16.3 Å². The van der Waals surface area contributed by atoms with Crippen LogP contribution < -0.4 is 0 Å². The summed E-state index contributed by atoms with van der Waals surface area (Å²) in [6, 6.07) is 13.6. The van der Waals surface area contributed by atoms with Crippen LogP contribution in [0.4, 0.5) is 0 Å². The van der Waals surface area contributed by atoms with Gasteiger partial charge in [-0.05, 0) is 29.8 Å². The van der Waals surface area contributed by atoms with Crippen molar-refractivity contribution < 1.29 is 17.9 Å². The molecule has 0 N–H and O–H groups in total. The van der Waals surface area contributed by atoms with E-state index in [1.807, 2.05) is 18.2 Å². The Labute approximate surface area is 157 Å². The Bertz CT molecular complexity index is 853. The highest BCUT2D eigenvalue weighted by Crippen LogP contribution is 2.26. The highest BCUT2D eigenvalue weighted by molar-refractivity contribution is 8.00. The normalized spacial score (nSPS) is 11.5. The lowest BCUT2D eigenvalue weighted by Gasteiger charge is -2.12. The van der Waals surface area contributed by atoms with Crippen LogP contribution in [-0.2, 0) is 26.2 Å². The van der Waals surface area contributed by atoms with Crippen molar-refractivity contribution in [2.45, 2.75) is 16.4 Å². The van der Waals surface area contributed by atoms with Crippen LogP contribution in [0.25, 0.3) is 0 Å². The number of sulfonamides is 1. The summed E-state index contributed by atoms with van der Waals surface area (Å²) in [6.45, 7) is 0.0126. The first kappa shape index (κ1) is 19.8. The molecule has 2 aromatic rings. The standard InChI is InChI=1S/C17H18ClNO4S2/c1-19(2)25(21,22)14-7-5-6-13(10-14)11-23-17(20)12-24-16-9-4-3-8-15(16)18/h3-10H,11-12H2,1-2H3. The fraction of sp³-hybridized carbons (Fsp3) is 0.235. The Morgan fingerprint density at radius 2 is 1.88 bits per heavy atom. The van der Waals surface area contributed by atoms with E-state index in [9.17, 15) is 13.2 Å². The Morgan fingerprint density at radius 3 is 2.56 bits per heavy atom. The summed E-state index contributed by atoms with van der Waals surface area (Å²) >= 11 is 7.33. The molecule has 0 heterocycles. The zero-order valence-corrected chi connectivity index (χ0v) is 16.2. The van der Waals surface area contributed by atoms with Gasteiger partial charge in [-0.25, -0.2) is 12.7 Å². The Hall–Kier alpha value is -1.54. The summed E-state index contributed by atoms with van der Waals surface area (Å²) < 4.78 is 30.6. The molecule has 0 aliphatic rings. The monoisotopic (exact) mass is 399 g/mol. The van der Waals surface area contributed by atoms with E-state index in [1.165, 1.54) is 38.0 Å². The molecule has 25 heavy (non-hydrogen) atoms. The van der Waals surface area contributed by atoms with Gasteiger partial charge in [0.05, 0.1) is 15.7 Å². The topological polar surface area (TPSA) is 63.7 Å². The van der Waals surface area contributed by atoms with E-state index in [1.54, 1.807) is 18.2 Å². The highest BCUT2D eigenvalue weighted by atomic mass is 35.5. The van der Waals surface area contributed by atoms with Gasteiger partial charge < -0.3 is 4.74 Å². The third-order valence-electron chi connectivity index (χ3n) is 3.26. The number of esters is 1. The summed E-state index contributed by atoms with van der Waals surface area (Å²) in [7, 11) is -0.582. The van der Waals surface area contributed by atoms with E-state index in [0.717, 1.165) is 9.20 Å². The zero-order chi connectivity index (χ0) is 18.4. The van der Waals surface area contributed by atoms with Gasteiger partial charge in [0.15, 0.2) is 0 Å². The summed E-state index contributed by atoms with van der Waals surface area (Å²) in [6.07, 6.45) is 0. The van der Waals surface area contributed by atoms with E-state index in [2.05, 4.69) is 0 Å². The van der Waals surface area contributed by atoms with E-state index >= 15 is 0 Å². The highest BCUT2D eigenvalue weighted by Gasteiger charge is 2.17. The molecule has 0 radical (unpaired) electrons. The largest absolute Gasteiger partial charge is 0.460 e. The van der Waals surface area contributed by atoms with E-state index in [-0.39, 0.29) is 17.3 Å². The fourth-order valence-corrected chi connectivity index (χ4v) is 3.92. The van der Waals surface area contributed by atoms with Crippen molar-refractivity contribution in [1.29, 1.82) is 0 Å². The number of hydrogen-bond acceptors (Lipinski definition) is 5. The molecule has 0 fully saturated rings. The SMILES string of the molecule is CN(C)S(=O)(=O)c1cccc(COC(=O)CSc2ccccc2Cl)c1. The van der Waals surface area contributed by atoms with Gasteiger partial charge in [0.2, 0.25) is 10.0 Å². The smallest absolute Gasteiger partial charge is 0.316 e. The molecular weight excluding hydrogens is 382 g/mol. The Morgan fingerprint density at radius 1 is 1.16 bits per heavy atom. The minimum absolute atomic E-state index is 0.0126. The lowest BCUT2D eigenvalue weighted by molar-refractivity contribution is -0.141. The minimum atomic E-state index is -3.51. The van der Waals surface area contributed by atoms with Crippen molar-refractivity contribution in [3.8, 4) is 0 Å². The van der Waals surface area contributed by atoms with Gasteiger partial charge in [0, 0.05) is 19.0 Å². The molecule has 0 aliphatic heterocycles. The molecule has 0 saturated carbocycles. The molecule has 2 aromatic carbocycles. The lowest BCUT2D eigenvalue weighted by Crippen LogP contribution is -2.22. The summed E-state index contributed by atoms with van der Waals surface area (Å²) in [5, 5.41) is 0.585. The van der Waals surface area contributed by atoms with Crippen molar-refractivity contribution in [3.05, 3.63) is 59.1 Å². The van der Waals surface area contributed by atoms with Gasteiger partial charge in [-0.2, -0.15) is 0 Å². The molecule has 0 spiro atoms. The van der Waals surface area contributed by atoms with Crippen molar-refractivity contribution in [3.63, 3.8) is 0 Å². The van der Waals surface area contributed by atoms with Crippen LogP contribution in [0.1, 0.15) is 5.56 Å². The predicted octanol–water partition coefficient (Wildman–Crippen LogP) is 3.43. The second-order valence-electron chi connectivity index (χ2n) is 5.31. The maximum absolute atomic E-state index is 12.1. The number of carbonyl (C=O) groups is 1. The van der Waals surface area contributed by atoms with Gasteiger partial charge in [0.1, 0.15) is 6.61 Å². The van der Waals surface area contributed by atoms with Crippen LogP contribution in [0, 0.1) is 0 Å². The van der Waals surface area contributed by atoms with Crippen LogP contribution >= 0.6 is 23.4 Å². The maximum Gasteiger partial charge on any atom is 0.316 e. The van der Waals surface area contributed by atoms with Crippen LogP contribution in [0.2, 0.25) is 5.02 Å². The average Bonchev–Trinajstić information content (AvgIpc) is 2.59. The number of carbonyl (C=O) groups excluding carboxylic acids is 1. The van der Waals surface area contributed by atoms with E-state index in [0.29, 0.717) is 10.6 Å². The molecule has 0 amide bonds. The maximum atomic E-state index is 12.1. The second-order valence-corrected chi connectivity index (χ2v) is 8.89. The molecule has 8 heteroatoms. The van der Waals surface area contributed by atoms with Gasteiger partial charge >= 0.3 is 5.97 Å². The number of hydrogen-bond donors (Lipinski definition) is 0. The zero-order valence-electron chi connectivity index (χ0n) is 13.8. The molecular formula is C17H18ClNO4S2. The average molecular weight is 400 g/mol. The summed E-state index contributed by atoms with van der Waals surface area (Å²) in [4.78, 5) is 12.8. The second kappa shape index (κ2) is 8.71. The third kappa shape index (κ3) is 5.47. The van der Waals surface area contributed by atoms with Gasteiger partial charge in [-0.3, -0.25) is 4.79 Å². The Balaban J connectivity index is 1.93. The fourth-order valence-electron chi connectivity index (χ4n) is 1.91. The third-order valence-corrected chi connectivity index (χ3v) is 6.56. The Kier molecular flexibility index (Phi) is 6.89. The number of rotatable bonds is 7. The first-order valence-electron chi connectivity index (χ1n) is 7.35. The van der Waals surface area contributed by atoms with Gasteiger partial charge in [0.25, 0.3) is 0 Å². The molecule has 0 atom stereocenters.